The maximum absolute atomic E-state index is 10.6. The van der Waals surface area contributed by atoms with Gasteiger partial charge in [0.15, 0.2) is 0 Å². The van der Waals surface area contributed by atoms with Gasteiger partial charge in [-0.3, -0.25) is 0 Å². The summed E-state index contributed by atoms with van der Waals surface area (Å²) in [6.07, 6.45) is 1.52. The molecule has 0 amide bonds. The van der Waals surface area contributed by atoms with Crippen LogP contribution in [0.15, 0.2) is 4.42 Å². The maximum atomic E-state index is 10.6. The zero-order chi connectivity index (χ0) is 9.90. The number of aryl methyl sites for hydroxylation is 1. The fraction of sp³-hybridized carbons (Fsp3) is 0.667. The number of hydrogen-bond donors (Lipinski definition) is 0. The molecule has 0 unspecified atom stereocenters. The predicted molar refractivity (Wildman–Crippen MR) is 46.8 cm³/mol. The standard InChI is InChI=1S/C6H9ClN2O3S/c1-2-3-5-8-9-6(12-5)4-13(7,10)11/h2-4H2,1H3. The molecule has 5 nitrogen and oxygen atoms in total. The highest BCUT2D eigenvalue weighted by Crippen LogP contribution is 2.09. The van der Waals surface area contributed by atoms with Crippen LogP contribution in [-0.4, -0.2) is 18.6 Å². The number of hydrogen-bond acceptors (Lipinski definition) is 5. The maximum Gasteiger partial charge on any atom is 0.241 e. The van der Waals surface area contributed by atoms with Crippen LogP contribution < -0.4 is 0 Å². The van der Waals surface area contributed by atoms with E-state index in [1.807, 2.05) is 6.92 Å². The molecule has 0 aliphatic carbocycles. The average molecular weight is 225 g/mol. The van der Waals surface area contributed by atoms with Gasteiger partial charge < -0.3 is 4.42 Å². The Morgan fingerprint density at radius 3 is 2.54 bits per heavy atom. The Morgan fingerprint density at radius 1 is 1.38 bits per heavy atom. The first-order valence-corrected chi connectivity index (χ1v) is 6.22. The van der Waals surface area contributed by atoms with Crippen molar-refractivity contribution in [2.75, 3.05) is 0 Å². The molecule has 0 aliphatic heterocycles. The quantitative estimate of drug-likeness (QED) is 0.716. The fourth-order valence-corrected chi connectivity index (χ4v) is 1.50. The van der Waals surface area contributed by atoms with Crippen molar-refractivity contribution < 1.29 is 12.8 Å². The first-order valence-electron chi connectivity index (χ1n) is 3.75. The van der Waals surface area contributed by atoms with Crippen LogP contribution in [0.4, 0.5) is 0 Å². The monoisotopic (exact) mass is 224 g/mol. The lowest BCUT2D eigenvalue weighted by atomic mass is 10.3. The van der Waals surface area contributed by atoms with Gasteiger partial charge in [0.1, 0.15) is 5.75 Å². The Bertz CT molecular complexity index is 373. The van der Waals surface area contributed by atoms with Gasteiger partial charge in [-0.25, -0.2) is 8.42 Å². The highest BCUT2D eigenvalue weighted by atomic mass is 35.7. The van der Waals surface area contributed by atoms with Gasteiger partial charge in [0.2, 0.25) is 20.8 Å². The van der Waals surface area contributed by atoms with Gasteiger partial charge in [0, 0.05) is 17.1 Å². The van der Waals surface area contributed by atoms with E-state index in [4.69, 9.17) is 15.1 Å². The van der Waals surface area contributed by atoms with Crippen LogP contribution in [0, 0.1) is 0 Å². The summed E-state index contributed by atoms with van der Waals surface area (Å²) in [7, 11) is 1.40. The number of rotatable bonds is 4. The molecule has 7 heteroatoms. The zero-order valence-corrected chi connectivity index (χ0v) is 8.60. The molecule has 0 spiro atoms. The van der Waals surface area contributed by atoms with Crippen molar-refractivity contribution >= 4 is 19.7 Å². The van der Waals surface area contributed by atoms with Crippen LogP contribution in [0.1, 0.15) is 25.1 Å². The van der Waals surface area contributed by atoms with E-state index >= 15 is 0 Å². The van der Waals surface area contributed by atoms with Gasteiger partial charge in [0.25, 0.3) is 0 Å². The van der Waals surface area contributed by atoms with E-state index in [1.54, 1.807) is 0 Å². The Kier molecular flexibility index (Phi) is 3.27. The Hall–Kier alpha value is -0.620. The zero-order valence-electron chi connectivity index (χ0n) is 7.03. The van der Waals surface area contributed by atoms with Crippen molar-refractivity contribution in [3.63, 3.8) is 0 Å². The van der Waals surface area contributed by atoms with E-state index in [2.05, 4.69) is 10.2 Å². The lowest BCUT2D eigenvalue weighted by molar-refractivity contribution is 0.459. The smallest absolute Gasteiger partial charge is 0.241 e. The van der Waals surface area contributed by atoms with Crippen molar-refractivity contribution in [3.05, 3.63) is 11.8 Å². The Balaban J connectivity index is 2.69. The molecule has 0 N–H and O–H groups in total. The first-order chi connectivity index (χ1) is 6.01. The van der Waals surface area contributed by atoms with Crippen molar-refractivity contribution in [1.82, 2.24) is 10.2 Å². The number of aromatic nitrogens is 2. The van der Waals surface area contributed by atoms with E-state index in [0.717, 1.165) is 6.42 Å². The summed E-state index contributed by atoms with van der Waals surface area (Å²) in [5.41, 5.74) is 0. The van der Waals surface area contributed by atoms with Crippen LogP contribution in [0.2, 0.25) is 0 Å². The third-order valence-electron chi connectivity index (χ3n) is 1.27. The fourth-order valence-electron chi connectivity index (χ4n) is 0.809. The Morgan fingerprint density at radius 2 is 2.00 bits per heavy atom. The lowest BCUT2D eigenvalue weighted by Gasteiger charge is -1.88. The third-order valence-corrected chi connectivity index (χ3v) is 2.19. The minimum atomic E-state index is -3.60. The van der Waals surface area contributed by atoms with E-state index in [-0.39, 0.29) is 5.89 Å². The largest absolute Gasteiger partial charge is 0.424 e. The highest BCUT2D eigenvalue weighted by Gasteiger charge is 2.13. The molecule has 0 saturated carbocycles. The van der Waals surface area contributed by atoms with Crippen molar-refractivity contribution in [2.24, 2.45) is 0 Å². The average Bonchev–Trinajstić information content (AvgIpc) is 2.33. The van der Waals surface area contributed by atoms with Crippen molar-refractivity contribution in [1.29, 1.82) is 0 Å². The topological polar surface area (TPSA) is 73.1 Å². The van der Waals surface area contributed by atoms with E-state index in [1.165, 1.54) is 0 Å². The highest BCUT2D eigenvalue weighted by molar-refractivity contribution is 8.13. The van der Waals surface area contributed by atoms with Gasteiger partial charge >= 0.3 is 0 Å². The van der Waals surface area contributed by atoms with Gasteiger partial charge in [-0.05, 0) is 6.42 Å². The van der Waals surface area contributed by atoms with E-state index in [9.17, 15) is 8.42 Å². The molecular formula is C6H9ClN2O3S. The third kappa shape index (κ3) is 3.73. The van der Waals surface area contributed by atoms with Gasteiger partial charge in [-0.15, -0.1) is 10.2 Å². The van der Waals surface area contributed by atoms with Gasteiger partial charge in [-0.1, -0.05) is 6.92 Å². The Labute approximate surface area is 80.5 Å². The lowest BCUT2D eigenvalue weighted by Crippen LogP contribution is -1.94. The van der Waals surface area contributed by atoms with E-state index < -0.39 is 14.8 Å². The normalized spacial score (nSPS) is 11.8. The summed E-state index contributed by atoms with van der Waals surface area (Å²) in [6.45, 7) is 1.96. The van der Waals surface area contributed by atoms with Crippen LogP contribution in [-0.2, 0) is 21.2 Å². The second-order valence-electron chi connectivity index (χ2n) is 2.52. The molecule has 0 atom stereocenters. The predicted octanol–water partition coefficient (Wildman–Crippen LogP) is 1.09. The summed E-state index contributed by atoms with van der Waals surface area (Å²) in [5.74, 6) is 0.0712. The molecule has 0 aliphatic rings. The van der Waals surface area contributed by atoms with Crippen molar-refractivity contribution in [3.8, 4) is 0 Å². The molecule has 1 aromatic rings. The van der Waals surface area contributed by atoms with Crippen LogP contribution >= 0.6 is 10.7 Å². The summed E-state index contributed by atoms with van der Waals surface area (Å²) in [5, 5.41) is 7.19. The van der Waals surface area contributed by atoms with Crippen LogP contribution in [0.3, 0.4) is 0 Å². The second-order valence-corrected chi connectivity index (χ2v) is 5.30. The summed E-state index contributed by atoms with van der Waals surface area (Å²) in [6, 6.07) is 0. The molecule has 1 aromatic heterocycles. The minimum Gasteiger partial charge on any atom is -0.424 e. The molecule has 0 aromatic carbocycles. The number of nitrogens with zero attached hydrogens (tertiary/aromatic N) is 2. The van der Waals surface area contributed by atoms with Crippen molar-refractivity contribution in [2.45, 2.75) is 25.5 Å². The molecule has 74 valence electrons. The van der Waals surface area contributed by atoms with Crippen LogP contribution in [0.5, 0.6) is 0 Å². The van der Waals surface area contributed by atoms with Gasteiger partial charge in [0.05, 0.1) is 0 Å². The molecular weight excluding hydrogens is 216 g/mol. The summed E-state index contributed by atoms with van der Waals surface area (Å²) < 4.78 is 26.2. The molecule has 0 saturated heterocycles. The molecule has 1 rings (SSSR count). The number of halogens is 1. The summed E-state index contributed by atoms with van der Waals surface area (Å²) >= 11 is 0. The van der Waals surface area contributed by atoms with Crippen LogP contribution in [0.25, 0.3) is 0 Å². The second kappa shape index (κ2) is 4.06. The first kappa shape index (κ1) is 10.5. The summed E-state index contributed by atoms with van der Waals surface area (Å²) in [4.78, 5) is 0. The van der Waals surface area contributed by atoms with E-state index in [0.29, 0.717) is 12.3 Å². The molecule has 0 radical (unpaired) electrons. The molecule has 13 heavy (non-hydrogen) atoms. The molecule has 1 heterocycles. The minimum absolute atomic E-state index is 0.0402. The SMILES string of the molecule is CCCc1nnc(CS(=O)(=O)Cl)o1. The van der Waals surface area contributed by atoms with Gasteiger partial charge in [-0.2, -0.15) is 0 Å². The molecule has 0 fully saturated rings. The molecule has 0 bridgehead atoms.